The molecule has 3 heterocycles. The van der Waals surface area contributed by atoms with Crippen LogP contribution in [-0.4, -0.2) is 65.7 Å². The molecular weight excluding hydrogens is 454 g/mol. The van der Waals surface area contributed by atoms with Gasteiger partial charge < -0.3 is 19.4 Å². The SMILES string of the molecule is COc1cc2c(cc1OC)CN(CCC(=O)Nc1ccc3c(c1)nc1n3CCN(CC(C)C)C1)CC2. The van der Waals surface area contributed by atoms with Gasteiger partial charge in [-0.25, -0.2) is 4.98 Å². The average molecular weight is 492 g/mol. The maximum Gasteiger partial charge on any atom is 0.225 e. The predicted octanol–water partition coefficient (Wildman–Crippen LogP) is 3.91. The molecule has 2 aliphatic heterocycles. The van der Waals surface area contributed by atoms with Crippen molar-refractivity contribution in [3.05, 3.63) is 47.3 Å². The van der Waals surface area contributed by atoms with Gasteiger partial charge in [-0.2, -0.15) is 0 Å². The minimum atomic E-state index is 0.0274. The molecule has 2 aromatic carbocycles. The Bertz CT molecular complexity index is 1250. The summed E-state index contributed by atoms with van der Waals surface area (Å²) in [5, 5.41) is 3.08. The number of rotatable bonds is 8. The van der Waals surface area contributed by atoms with Gasteiger partial charge in [-0.1, -0.05) is 13.8 Å². The summed E-state index contributed by atoms with van der Waals surface area (Å²) in [6.45, 7) is 10.9. The van der Waals surface area contributed by atoms with Gasteiger partial charge in [0.25, 0.3) is 0 Å². The molecule has 3 aromatic rings. The van der Waals surface area contributed by atoms with Crippen LogP contribution in [0.2, 0.25) is 0 Å². The molecule has 5 rings (SSSR count). The van der Waals surface area contributed by atoms with E-state index >= 15 is 0 Å². The van der Waals surface area contributed by atoms with Crippen molar-refractivity contribution in [1.29, 1.82) is 0 Å². The van der Waals surface area contributed by atoms with Gasteiger partial charge >= 0.3 is 0 Å². The summed E-state index contributed by atoms with van der Waals surface area (Å²) in [6, 6.07) is 10.2. The maximum atomic E-state index is 12.8. The van der Waals surface area contributed by atoms with Crippen LogP contribution in [0, 0.1) is 5.92 Å². The van der Waals surface area contributed by atoms with Crippen molar-refractivity contribution in [3.63, 3.8) is 0 Å². The molecule has 8 heteroatoms. The van der Waals surface area contributed by atoms with E-state index in [1.807, 2.05) is 12.1 Å². The monoisotopic (exact) mass is 491 g/mol. The number of benzene rings is 2. The summed E-state index contributed by atoms with van der Waals surface area (Å²) in [6.07, 6.45) is 1.39. The van der Waals surface area contributed by atoms with Crippen molar-refractivity contribution in [2.75, 3.05) is 45.7 Å². The lowest BCUT2D eigenvalue weighted by Gasteiger charge is -2.29. The van der Waals surface area contributed by atoms with Crippen LogP contribution < -0.4 is 14.8 Å². The van der Waals surface area contributed by atoms with Gasteiger partial charge in [0.2, 0.25) is 5.91 Å². The Morgan fingerprint density at radius 1 is 1.00 bits per heavy atom. The molecule has 192 valence electrons. The summed E-state index contributed by atoms with van der Waals surface area (Å²) in [4.78, 5) is 22.4. The molecule has 0 unspecified atom stereocenters. The van der Waals surface area contributed by atoms with E-state index in [4.69, 9.17) is 14.5 Å². The summed E-state index contributed by atoms with van der Waals surface area (Å²) >= 11 is 0. The lowest BCUT2D eigenvalue weighted by atomic mass is 9.98. The number of anilines is 1. The minimum Gasteiger partial charge on any atom is -0.493 e. The fourth-order valence-electron chi connectivity index (χ4n) is 5.44. The molecule has 1 N–H and O–H groups in total. The van der Waals surface area contributed by atoms with Gasteiger partial charge in [-0.05, 0) is 53.8 Å². The first-order valence-electron chi connectivity index (χ1n) is 12.9. The minimum absolute atomic E-state index is 0.0274. The normalized spacial score (nSPS) is 16.1. The Morgan fingerprint density at radius 2 is 1.78 bits per heavy atom. The number of fused-ring (bicyclic) bond motifs is 4. The third kappa shape index (κ3) is 5.20. The molecule has 0 radical (unpaired) electrons. The van der Waals surface area contributed by atoms with E-state index < -0.39 is 0 Å². The number of amides is 1. The Hall–Kier alpha value is -3.10. The lowest BCUT2D eigenvalue weighted by Crippen LogP contribution is -2.36. The van der Waals surface area contributed by atoms with Crippen LogP contribution >= 0.6 is 0 Å². The van der Waals surface area contributed by atoms with Gasteiger partial charge in [-0.15, -0.1) is 0 Å². The molecule has 0 atom stereocenters. The number of hydrogen-bond acceptors (Lipinski definition) is 6. The van der Waals surface area contributed by atoms with Gasteiger partial charge in [-0.3, -0.25) is 14.6 Å². The quantitative estimate of drug-likeness (QED) is 0.515. The zero-order valence-corrected chi connectivity index (χ0v) is 21.8. The second-order valence-corrected chi connectivity index (χ2v) is 10.3. The maximum absolute atomic E-state index is 12.8. The first-order chi connectivity index (χ1) is 17.4. The van der Waals surface area contributed by atoms with E-state index in [0.29, 0.717) is 18.9 Å². The average Bonchev–Trinajstić information content (AvgIpc) is 3.22. The highest BCUT2D eigenvalue weighted by Crippen LogP contribution is 2.33. The van der Waals surface area contributed by atoms with Crippen LogP contribution in [0.3, 0.4) is 0 Å². The zero-order valence-electron chi connectivity index (χ0n) is 21.8. The van der Waals surface area contributed by atoms with E-state index in [-0.39, 0.29) is 5.91 Å². The Labute approximate surface area is 213 Å². The van der Waals surface area contributed by atoms with Crippen LogP contribution in [-0.2, 0) is 30.8 Å². The number of hydrogen-bond donors (Lipinski definition) is 1. The second kappa shape index (κ2) is 10.5. The Balaban J connectivity index is 1.18. The third-order valence-electron chi connectivity index (χ3n) is 7.19. The lowest BCUT2D eigenvalue weighted by molar-refractivity contribution is -0.116. The van der Waals surface area contributed by atoms with E-state index in [0.717, 1.165) is 79.7 Å². The molecule has 2 aliphatic rings. The van der Waals surface area contributed by atoms with E-state index in [2.05, 4.69) is 51.7 Å². The van der Waals surface area contributed by atoms with Gasteiger partial charge in [0, 0.05) is 51.4 Å². The number of nitrogens with one attached hydrogen (secondary N) is 1. The topological polar surface area (TPSA) is 71.9 Å². The van der Waals surface area contributed by atoms with Crippen molar-refractivity contribution in [2.45, 2.75) is 46.3 Å². The van der Waals surface area contributed by atoms with Gasteiger partial charge in [0.05, 0.1) is 31.8 Å². The van der Waals surface area contributed by atoms with E-state index in [1.165, 1.54) is 11.1 Å². The van der Waals surface area contributed by atoms with Gasteiger partial charge in [0.1, 0.15) is 5.82 Å². The molecule has 0 saturated carbocycles. The number of carbonyl (C=O) groups is 1. The smallest absolute Gasteiger partial charge is 0.225 e. The predicted molar refractivity (Wildman–Crippen MR) is 142 cm³/mol. The summed E-state index contributed by atoms with van der Waals surface area (Å²) in [7, 11) is 3.32. The van der Waals surface area contributed by atoms with Crippen LogP contribution in [0.4, 0.5) is 5.69 Å². The van der Waals surface area contributed by atoms with Crippen LogP contribution in [0.5, 0.6) is 11.5 Å². The zero-order chi connectivity index (χ0) is 25.2. The number of ether oxygens (including phenoxy) is 2. The van der Waals surface area contributed by atoms with Crippen LogP contribution in [0.15, 0.2) is 30.3 Å². The number of imidazole rings is 1. The molecule has 36 heavy (non-hydrogen) atoms. The van der Waals surface area contributed by atoms with E-state index in [9.17, 15) is 4.79 Å². The second-order valence-electron chi connectivity index (χ2n) is 10.3. The third-order valence-corrected chi connectivity index (χ3v) is 7.19. The standard InChI is InChI=1S/C28H37N5O3/c1-19(2)16-32-11-12-33-24-6-5-22(15-23(24)30-27(33)18-32)29-28(34)8-10-31-9-7-20-13-25(35-3)26(36-4)14-21(20)17-31/h5-6,13-15,19H,7-12,16-18H2,1-4H3,(H,29,34). The van der Waals surface area contributed by atoms with Crippen LogP contribution in [0.1, 0.15) is 37.2 Å². The largest absolute Gasteiger partial charge is 0.493 e. The van der Waals surface area contributed by atoms with E-state index in [1.54, 1.807) is 14.2 Å². The highest BCUT2D eigenvalue weighted by Gasteiger charge is 2.22. The van der Waals surface area contributed by atoms with Crippen molar-refractivity contribution >= 4 is 22.6 Å². The fourth-order valence-corrected chi connectivity index (χ4v) is 5.44. The van der Waals surface area contributed by atoms with Crippen molar-refractivity contribution in [2.24, 2.45) is 5.92 Å². The number of carbonyl (C=O) groups excluding carboxylic acids is 1. The molecule has 0 spiro atoms. The van der Waals surface area contributed by atoms with Crippen LogP contribution in [0.25, 0.3) is 11.0 Å². The highest BCUT2D eigenvalue weighted by molar-refractivity contribution is 5.93. The summed E-state index contributed by atoms with van der Waals surface area (Å²) in [5.41, 5.74) is 5.43. The van der Waals surface area contributed by atoms with Crippen molar-refractivity contribution in [3.8, 4) is 11.5 Å². The summed E-state index contributed by atoms with van der Waals surface area (Å²) in [5.74, 6) is 3.31. The molecule has 1 aromatic heterocycles. The number of methoxy groups -OCH3 is 2. The molecule has 0 saturated heterocycles. The first kappa shape index (κ1) is 24.6. The molecule has 0 fully saturated rings. The number of nitrogens with zero attached hydrogens (tertiary/aromatic N) is 4. The van der Waals surface area contributed by atoms with Crippen molar-refractivity contribution in [1.82, 2.24) is 19.4 Å². The highest BCUT2D eigenvalue weighted by atomic mass is 16.5. The Kier molecular flexibility index (Phi) is 7.16. The van der Waals surface area contributed by atoms with Gasteiger partial charge in [0.15, 0.2) is 11.5 Å². The first-order valence-corrected chi connectivity index (χ1v) is 12.9. The fraction of sp³-hybridized carbons (Fsp3) is 0.500. The van der Waals surface area contributed by atoms with Crippen molar-refractivity contribution < 1.29 is 14.3 Å². The molecular formula is C28H37N5O3. The molecule has 0 bridgehead atoms. The molecule has 0 aliphatic carbocycles. The Morgan fingerprint density at radius 3 is 2.53 bits per heavy atom. The molecule has 8 nitrogen and oxygen atoms in total. The summed E-state index contributed by atoms with van der Waals surface area (Å²) < 4.78 is 13.2. The molecule has 1 amide bonds. The number of aromatic nitrogens is 2.